The molecule has 10 heteroatoms. The monoisotopic (exact) mass is 394 g/mol. The van der Waals surface area contributed by atoms with E-state index in [9.17, 15) is 15.4 Å². The Balaban J connectivity index is 1.92. The van der Waals surface area contributed by atoms with Gasteiger partial charge in [0.1, 0.15) is 5.41 Å². The van der Waals surface area contributed by atoms with Crippen molar-refractivity contribution < 1.29 is 4.92 Å². The molecule has 1 fully saturated rings. The lowest BCUT2D eigenvalue weighted by Crippen LogP contribution is -2.57. The van der Waals surface area contributed by atoms with E-state index in [1.807, 2.05) is 0 Å². The third kappa shape index (κ3) is 2.99. The van der Waals surface area contributed by atoms with Crippen molar-refractivity contribution in [2.75, 3.05) is 36.2 Å². The van der Waals surface area contributed by atoms with Crippen LogP contribution in [-0.4, -0.2) is 46.6 Å². The maximum atomic E-state index is 11.3. The van der Waals surface area contributed by atoms with E-state index >= 15 is 0 Å². The van der Waals surface area contributed by atoms with Gasteiger partial charge in [0.15, 0.2) is 5.82 Å². The van der Waals surface area contributed by atoms with Crippen molar-refractivity contribution in [2.45, 2.75) is 37.1 Å². The molecule has 2 atom stereocenters. The lowest BCUT2D eigenvalue weighted by atomic mass is 9.68. The summed E-state index contributed by atoms with van der Waals surface area (Å²) < 4.78 is 0. The number of nitrogen functional groups attached to an aromatic ring is 1. The number of hydrogen-bond acceptors (Lipinski definition) is 9. The lowest BCUT2D eigenvalue weighted by molar-refractivity contribution is -0.384. The Morgan fingerprint density at radius 3 is 2.83 bits per heavy atom. The van der Waals surface area contributed by atoms with Gasteiger partial charge in [-0.15, -0.1) is 0 Å². The largest absolute Gasteiger partial charge is 0.368 e. The predicted octanol–water partition coefficient (Wildman–Crippen LogP) is 1.80. The number of rotatable bonds is 3. The van der Waals surface area contributed by atoms with E-state index in [1.165, 1.54) is 6.07 Å². The number of aromatic nitrogens is 3. The standard InChI is InChI=1S/C19H22N8O2/c1-25(2)18-23-16(22-17(21)24-18)19(11-20)10-12-9-13(27(28)29)6-7-14(12)26-8-4-3-5-15(19)26/h6-7,9,15H,3-5,8,10H2,1-2H3,(H2,21,22,23,24). The molecule has 0 bridgehead atoms. The molecule has 2 aromatic rings. The van der Waals surface area contributed by atoms with Crippen LogP contribution in [0.25, 0.3) is 0 Å². The molecule has 0 aliphatic carbocycles. The van der Waals surface area contributed by atoms with Crippen molar-refractivity contribution in [2.24, 2.45) is 0 Å². The highest BCUT2D eigenvalue weighted by Gasteiger charge is 2.51. The van der Waals surface area contributed by atoms with Crippen LogP contribution in [0.2, 0.25) is 0 Å². The van der Waals surface area contributed by atoms with Crippen LogP contribution in [0.15, 0.2) is 18.2 Å². The van der Waals surface area contributed by atoms with Crippen molar-refractivity contribution >= 4 is 23.3 Å². The van der Waals surface area contributed by atoms with E-state index in [0.29, 0.717) is 11.8 Å². The molecule has 150 valence electrons. The summed E-state index contributed by atoms with van der Waals surface area (Å²) in [6.45, 7) is 0.778. The molecule has 3 heterocycles. The number of hydrogen-bond donors (Lipinski definition) is 1. The molecule has 4 rings (SSSR count). The second kappa shape index (κ2) is 6.84. The number of nitrogens with zero attached hydrogens (tertiary/aromatic N) is 7. The summed E-state index contributed by atoms with van der Waals surface area (Å²) in [5.74, 6) is 0.764. The summed E-state index contributed by atoms with van der Waals surface area (Å²) in [4.78, 5) is 27.9. The minimum absolute atomic E-state index is 0.00944. The first-order valence-electron chi connectivity index (χ1n) is 9.50. The third-order valence-corrected chi connectivity index (χ3v) is 5.76. The maximum absolute atomic E-state index is 11.3. The van der Waals surface area contributed by atoms with Gasteiger partial charge in [-0.25, -0.2) is 0 Å². The van der Waals surface area contributed by atoms with Crippen molar-refractivity contribution in [3.8, 4) is 6.07 Å². The lowest BCUT2D eigenvalue weighted by Gasteiger charge is -2.49. The van der Waals surface area contributed by atoms with Gasteiger partial charge in [-0.2, -0.15) is 20.2 Å². The fraction of sp³-hybridized carbons (Fsp3) is 0.474. The molecule has 2 N–H and O–H groups in total. The second-order valence-electron chi connectivity index (χ2n) is 7.75. The van der Waals surface area contributed by atoms with Gasteiger partial charge in [-0.05, 0) is 30.9 Å². The average Bonchev–Trinajstić information content (AvgIpc) is 2.72. The number of fused-ring (bicyclic) bond motifs is 3. The van der Waals surface area contributed by atoms with E-state index in [0.717, 1.165) is 37.1 Å². The Morgan fingerprint density at radius 2 is 2.14 bits per heavy atom. The number of non-ortho nitro benzene ring substituents is 1. The van der Waals surface area contributed by atoms with Crippen LogP contribution >= 0.6 is 0 Å². The zero-order chi connectivity index (χ0) is 20.8. The highest BCUT2D eigenvalue weighted by Crippen LogP contribution is 2.46. The molecule has 1 aromatic heterocycles. The smallest absolute Gasteiger partial charge is 0.269 e. The zero-order valence-corrected chi connectivity index (χ0v) is 16.4. The van der Waals surface area contributed by atoms with Crippen molar-refractivity contribution in [1.82, 2.24) is 15.0 Å². The van der Waals surface area contributed by atoms with Gasteiger partial charge in [0.25, 0.3) is 5.69 Å². The Hall–Kier alpha value is -3.48. The molecular formula is C19H22N8O2. The molecule has 2 unspecified atom stereocenters. The van der Waals surface area contributed by atoms with Gasteiger partial charge in [0.2, 0.25) is 11.9 Å². The molecule has 1 saturated heterocycles. The number of benzene rings is 1. The van der Waals surface area contributed by atoms with Crippen LogP contribution < -0.4 is 15.5 Å². The van der Waals surface area contributed by atoms with Crippen LogP contribution in [0.5, 0.6) is 0 Å². The average molecular weight is 394 g/mol. The first-order chi connectivity index (χ1) is 13.9. The second-order valence-corrected chi connectivity index (χ2v) is 7.75. The first-order valence-corrected chi connectivity index (χ1v) is 9.50. The molecule has 2 aliphatic rings. The highest BCUT2D eigenvalue weighted by molar-refractivity contribution is 5.64. The number of piperidine rings is 1. The number of nitriles is 1. The highest BCUT2D eigenvalue weighted by atomic mass is 16.6. The number of nitrogens with two attached hydrogens (primary N) is 1. The van der Waals surface area contributed by atoms with E-state index in [1.54, 1.807) is 31.1 Å². The fourth-order valence-corrected chi connectivity index (χ4v) is 4.43. The zero-order valence-electron chi connectivity index (χ0n) is 16.4. The Kier molecular flexibility index (Phi) is 4.45. The summed E-state index contributed by atoms with van der Waals surface area (Å²) in [5.41, 5.74) is 6.59. The molecule has 10 nitrogen and oxygen atoms in total. The number of nitro groups is 1. The topological polar surface area (TPSA) is 138 Å². The predicted molar refractivity (Wildman–Crippen MR) is 108 cm³/mol. The van der Waals surface area contributed by atoms with Gasteiger partial charge < -0.3 is 15.5 Å². The van der Waals surface area contributed by atoms with Gasteiger partial charge >= 0.3 is 0 Å². The SMILES string of the molecule is CN(C)c1nc(N)nc(C2(C#N)Cc3cc([N+](=O)[O-])ccc3N3CCCCC32)n1. The van der Waals surface area contributed by atoms with E-state index in [4.69, 9.17) is 5.73 Å². The van der Waals surface area contributed by atoms with Crippen LogP contribution in [0.3, 0.4) is 0 Å². The maximum Gasteiger partial charge on any atom is 0.269 e. The Labute approximate surface area is 168 Å². The number of anilines is 3. The Bertz CT molecular complexity index is 1020. The summed E-state index contributed by atoms with van der Waals surface area (Å²) in [6.07, 6.45) is 3.09. The van der Waals surface area contributed by atoms with Crippen LogP contribution in [0, 0.1) is 21.4 Å². The van der Waals surface area contributed by atoms with E-state index in [-0.39, 0.29) is 24.1 Å². The molecule has 2 aliphatic heterocycles. The molecule has 0 saturated carbocycles. The first kappa shape index (κ1) is 18.9. The van der Waals surface area contributed by atoms with Crippen LogP contribution in [-0.2, 0) is 11.8 Å². The van der Waals surface area contributed by atoms with E-state index < -0.39 is 10.3 Å². The van der Waals surface area contributed by atoms with Crippen molar-refractivity contribution in [3.63, 3.8) is 0 Å². The van der Waals surface area contributed by atoms with Gasteiger partial charge in [0, 0.05) is 44.9 Å². The quantitative estimate of drug-likeness (QED) is 0.610. The van der Waals surface area contributed by atoms with E-state index in [2.05, 4.69) is 25.9 Å². The fourth-order valence-electron chi connectivity index (χ4n) is 4.43. The van der Waals surface area contributed by atoms with Gasteiger partial charge in [-0.1, -0.05) is 0 Å². The molecule has 1 aromatic carbocycles. The van der Waals surface area contributed by atoms with Crippen molar-refractivity contribution in [3.05, 3.63) is 39.7 Å². The summed E-state index contributed by atoms with van der Waals surface area (Å²) in [5, 5.41) is 21.7. The molecular weight excluding hydrogens is 372 g/mol. The summed E-state index contributed by atoms with van der Waals surface area (Å²) in [7, 11) is 3.59. The van der Waals surface area contributed by atoms with Crippen molar-refractivity contribution in [1.29, 1.82) is 5.26 Å². The Morgan fingerprint density at radius 1 is 1.34 bits per heavy atom. The minimum atomic E-state index is -1.07. The van der Waals surface area contributed by atoms with Crippen LogP contribution in [0.1, 0.15) is 30.7 Å². The molecule has 29 heavy (non-hydrogen) atoms. The summed E-state index contributed by atoms with van der Waals surface area (Å²) in [6, 6.07) is 7.22. The third-order valence-electron chi connectivity index (χ3n) is 5.76. The van der Waals surface area contributed by atoms with Gasteiger partial charge in [0.05, 0.1) is 17.0 Å². The normalized spacial score (nSPS) is 22.9. The van der Waals surface area contributed by atoms with Crippen LogP contribution in [0.4, 0.5) is 23.3 Å². The molecule has 0 spiro atoms. The number of nitro benzene ring substituents is 1. The van der Waals surface area contributed by atoms with Gasteiger partial charge in [-0.3, -0.25) is 10.1 Å². The molecule has 0 radical (unpaired) electrons. The molecule has 0 amide bonds. The summed E-state index contributed by atoms with van der Waals surface area (Å²) >= 11 is 0. The minimum Gasteiger partial charge on any atom is -0.368 e.